The number of nitrogens with one attached hydrogen (secondary N) is 1. The normalized spacial score (nSPS) is 19.2. The first kappa shape index (κ1) is 27.6. The molecule has 0 saturated heterocycles. The highest BCUT2D eigenvalue weighted by atomic mass is 19.1. The Balaban J connectivity index is 1.20. The Bertz CT molecular complexity index is 1530. The number of amides is 2. The molecule has 3 aromatic carbocycles. The summed E-state index contributed by atoms with van der Waals surface area (Å²) in [6.07, 6.45) is 4.99. The third kappa shape index (κ3) is 5.77. The second kappa shape index (κ2) is 11.8. The fraction of sp³-hybridized carbons (Fsp3) is 0.333. The van der Waals surface area contributed by atoms with Crippen LogP contribution in [0.3, 0.4) is 0 Å². The highest BCUT2D eigenvalue weighted by molar-refractivity contribution is 5.98. The number of ether oxygens (including phenoxy) is 1. The number of hydrazone groups is 1. The topological polar surface area (TPSA) is 108 Å². The van der Waals surface area contributed by atoms with Crippen LogP contribution in [0, 0.1) is 17.7 Å². The van der Waals surface area contributed by atoms with E-state index in [1.807, 2.05) is 42.5 Å². The Hall–Kier alpha value is -4.53. The van der Waals surface area contributed by atoms with Crippen molar-refractivity contribution in [1.82, 2.24) is 5.01 Å². The Kier molecular flexibility index (Phi) is 7.73. The number of fused-ring (bicyclic) bond motifs is 1. The lowest BCUT2D eigenvalue weighted by atomic mass is 9.83. The molecule has 42 heavy (non-hydrogen) atoms. The number of rotatable bonds is 8. The molecule has 1 aliphatic heterocycles. The average Bonchev–Trinajstić information content (AvgIpc) is 3.67. The highest BCUT2D eigenvalue weighted by Gasteiger charge is 2.34. The third-order valence-electron chi connectivity index (χ3n) is 8.54. The van der Waals surface area contributed by atoms with Crippen LogP contribution >= 0.6 is 0 Å². The number of carbonyl (C=O) groups excluding carboxylic acids is 2. The summed E-state index contributed by atoms with van der Waals surface area (Å²) in [6, 6.07) is 19.1. The van der Waals surface area contributed by atoms with Gasteiger partial charge in [0.1, 0.15) is 5.82 Å². The molecule has 1 saturated carbocycles. The van der Waals surface area contributed by atoms with Crippen LogP contribution < -0.4 is 5.32 Å². The summed E-state index contributed by atoms with van der Waals surface area (Å²) in [5.41, 5.74) is 4.92. The molecular weight excluding hydrogens is 537 g/mol. The van der Waals surface area contributed by atoms with Crippen molar-refractivity contribution in [3.05, 3.63) is 100 Å². The summed E-state index contributed by atoms with van der Waals surface area (Å²) >= 11 is 0. The minimum absolute atomic E-state index is 0.0845. The summed E-state index contributed by atoms with van der Waals surface area (Å²) in [5.74, 6) is -1.90. The quantitative estimate of drug-likeness (QED) is 0.385. The van der Waals surface area contributed by atoms with Crippen LogP contribution in [0.25, 0.3) is 0 Å². The number of benzene rings is 3. The molecule has 1 fully saturated rings. The molecule has 6 rings (SSSR count). The predicted molar refractivity (Wildman–Crippen MR) is 154 cm³/mol. The van der Waals surface area contributed by atoms with Crippen LogP contribution in [0.2, 0.25) is 0 Å². The van der Waals surface area contributed by atoms with E-state index in [2.05, 4.69) is 10.4 Å². The smallest absolute Gasteiger partial charge is 0.307 e. The van der Waals surface area contributed by atoms with Crippen molar-refractivity contribution in [1.29, 1.82) is 0 Å². The van der Waals surface area contributed by atoms with Gasteiger partial charge in [0, 0.05) is 11.3 Å². The molecule has 2 atom stereocenters. The minimum Gasteiger partial charge on any atom is -0.481 e. The molecule has 9 heteroatoms. The van der Waals surface area contributed by atoms with Gasteiger partial charge in [-0.25, -0.2) is 9.40 Å². The van der Waals surface area contributed by atoms with E-state index in [4.69, 9.17) is 4.74 Å². The molecule has 0 spiro atoms. The number of aliphatic carboxylic acids is 1. The van der Waals surface area contributed by atoms with Gasteiger partial charge in [0.2, 0.25) is 11.8 Å². The largest absolute Gasteiger partial charge is 0.481 e. The zero-order valence-electron chi connectivity index (χ0n) is 23.1. The number of carboxylic acids is 1. The first-order valence-electron chi connectivity index (χ1n) is 14.4. The average molecular weight is 570 g/mol. The second-order valence-corrected chi connectivity index (χ2v) is 11.3. The number of hydrogen-bond donors (Lipinski definition) is 2. The predicted octanol–water partition coefficient (Wildman–Crippen LogP) is 5.26. The van der Waals surface area contributed by atoms with Gasteiger partial charge in [-0.2, -0.15) is 0 Å². The maximum atomic E-state index is 13.8. The van der Waals surface area contributed by atoms with Gasteiger partial charge in [0.05, 0.1) is 18.4 Å². The molecular formula is C33H32FN3O5. The maximum absolute atomic E-state index is 13.8. The van der Waals surface area contributed by atoms with Gasteiger partial charge >= 0.3 is 5.97 Å². The van der Waals surface area contributed by atoms with E-state index >= 15 is 0 Å². The van der Waals surface area contributed by atoms with E-state index in [-0.39, 0.29) is 48.5 Å². The summed E-state index contributed by atoms with van der Waals surface area (Å²) in [6.45, 7) is 0.0724. The molecule has 2 amide bonds. The number of carboxylic acid groups (broad SMARTS) is 1. The van der Waals surface area contributed by atoms with Crippen molar-refractivity contribution in [3.63, 3.8) is 0 Å². The fourth-order valence-electron chi connectivity index (χ4n) is 6.34. The zero-order chi connectivity index (χ0) is 29.2. The second-order valence-electron chi connectivity index (χ2n) is 11.3. The van der Waals surface area contributed by atoms with Gasteiger partial charge in [0.25, 0.3) is 5.91 Å². The number of hydrogen-bond acceptors (Lipinski definition) is 5. The van der Waals surface area contributed by atoms with E-state index in [1.54, 1.807) is 12.1 Å². The van der Waals surface area contributed by atoms with E-state index in [0.717, 1.165) is 47.9 Å². The van der Waals surface area contributed by atoms with Crippen molar-refractivity contribution in [2.75, 3.05) is 11.9 Å². The molecule has 0 bridgehead atoms. The van der Waals surface area contributed by atoms with Crippen LogP contribution in [-0.2, 0) is 38.5 Å². The van der Waals surface area contributed by atoms with Crippen molar-refractivity contribution in [2.24, 2.45) is 16.9 Å². The SMILES string of the molecule is O=C(O)C1Cc2cccc(NC(=O)C(c3ccc(CN4N=C(c5ccc(F)cc5)OCC4=O)cc3)C3CCCC3)c2C1. The van der Waals surface area contributed by atoms with E-state index < -0.39 is 11.9 Å². The highest BCUT2D eigenvalue weighted by Crippen LogP contribution is 2.39. The third-order valence-corrected chi connectivity index (χ3v) is 8.54. The Morgan fingerprint density at radius 2 is 1.76 bits per heavy atom. The van der Waals surface area contributed by atoms with Gasteiger partial charge in [-0.3, -0.25) is 14.4 Å². The van der Waals surface area contributed by atoms with E-state index in [1.165, 1.54) is 17.1 Å². The molecule has 2 unspecified atom stereocenters. The molecule has 8 nitrogen and oxygen atoms in total. The van der Waals surface area contributed by atoms with Gasteiger partial charge in [-0.05, 0) is 84.2 Å². The van der Waals surface area contributed by atoms with Crippen LogP contribution in [0.4, 0.5) is 10.1 Å². The summed E-state index contributed by atoms with van der Waals surface area (Å²) in [5, 5.41) is 18.4. The van der Waals surface area contributed by atoms with Crippen molar-refractivity contribution < 1.29 is 28.6 Å². The number of nitrogens with zero attached hydrogens (tertiary/aromatic N) is 2. The molecule has 216 valence electrons. The number of anilines is 1. The molecule has 3 aromatic rings. The molecule has 1 heterocycles. The van der Waals surface area contributed by atoms with Gasteiger partial charge in [-0.1, -0.05) is 49.2 Å². The molecule has 3 aliphatic rings. The maximum Gasteiger partial charge on any atom is 0.307 e. The lowest BCUT2D eigenvalue weighted by molar-refractivity contribution is -0.141. The Morgan fingerprint density at radius 3 is 2.48 bits per heavy atom. The Morgan fingerprint density at radius 1 is 1.02 bits per heavy atom. The van der Waals surface area contributed by atoms with Gasteiger partial charge in [-0.15, -0.1) is 5.10 Å². The standard InChI is InChI=1S/C33H32FN3O5/c34-26-14-12-23(13-15-26)32-36-37(29(38)19-42-32)18-20-8-10-22(11-9-20)30(21-4-1-2-5-21)31(39)35-28-7-3-6-24-16-25(33(40)41)17-27(24)28/h3,6-15,21,25,30H,1-2,4-5,16-19H2,(H,35,39)(H,40,41). The molecule has 0 aromatic heterocycles. The minimum atomic E-state index is -0.816. The number of carbonyl (C=O) groups is 3. The van der Waals surface area contributed by atoms with Crippen LogP contribution in [-0.4, -0.2) is 40.4 Å². The molecule has 2 aliphatic carbocycles. The van der Waals surface area contributed by atoms with E-state index in [0.29, 0.717) is 24.1 Å². The first-order chi connectivity index (χ1) is 20.4. The van der Waals surface area contributed by atoms with Crippen molar-refractivity contribution >= 4 is 29.4 Å². The summed E-state index contributed by atoms with van der Waals surface area (Å²) < 4.78 is 18.8. The summed E-state index contributed by atoms with van der Waals surface area (Å²) in [7, 11) is 0. The lowest BCUT2D eigenvalue weighted by Gasteiger charge is -2.25. The van der Waals surface area contributed by atoms with Gasteiger partial charge < -0.3 is 15.2 Å². The van der Waals surface area contributed by atoms with Crippen molar-refractivity contribution in [3.8, 4) is 0 Å². The van der Waals surface area contributed by atoms with E-state index in [9.17, 15) is 23.9 Å². The summed E-state index contributed by atoms with van der Waals surface area (Å²) in [4.78, 5) is 37.9. The van der Waals surface area contributed by atoms with Crippen LogP contribution in [0.5, 0.6) is 0 Å². The molecule has 0 radical (unpaired) electrons. The van der Waals surface area contributed by atoms with Crippen molar-refractivity contribution in [2.45, 2.75) is 51.0 Å². The monoisotopic (exact) mass is 569 g/mol. The first-order valence-corrected chi connectivity index (χ1v) is 14.4. The Labute approximate surface area is 243 Å². The fourth-order valence-corrected chi connectivity index (χ4v) is 6.34. The lowest BCUT2D eigenvalue weighted by Crippen LogP contribution is -2.36. The number of halogens is 1. The van der Waals surface area contributed by atoms with Crippen LogP contribution in [0.15, 0.2) is 71.8 Å². The zero-order valence-corrected chi connectivity index (χ0v) is 23.1. The van der Waals surface area contributed by atoms with Gasteiger partial charge in [0.15, 0.2) is 6.61 Å². The molecule has 2 N–H and O–H groups in total. The van der Waals surface area contributed by atoms with Crippen LogP contribution in [0.1, 0.15) is 59.4 Å².